The van der Waals surface area contributed by atoms with Gasteiger partial charge in [0.2, 0.25) is 5.88 Å². The predicted molar refractivity (Wildman–Crippen MR) is 69.5 cm³/mol. The van der Waals surface area contributed by atoms with E-state index in [2.05, 4.69) is 5.16 Å². The molecule has 0 fully saturated rings. The second-order valence-electron chi connectivity index (χ2n) is 5.05. The van der Waals surface area contributed by atoms with Crippen molar-refractivity contribution in [2.75, 3.05) is 5.73 Å². The van der Waals surface area contributed by atoms with Crippen molar-refractivity contribution in [1.29, 1.82) is 0 Å². The lowest BCUT2D eigenvalue weighted by atomic mass is 9.98. The van der Waals surface area contributed by atoms with Crippen molar-refractivity contribution in [1.82, 2.24) is 5.16 Å². The molecule has 3 nitrogen and oxygen atoms in total. The highest BCUT2D eigenvalue weighted by atomic mass is 19.1. The highest BCUT2D eigenvalue weighted by molar-refractivity contribution is 5.68. The first-order valence-corrected chi connectivity index (χ1v) is 6.10. The molecule has 1 heterocycles. The Morgan fingerprint density at radius 2 is 1.95 bits per heavy atom. The minimum Gasteiger partial charge on any atom is -0.367 e. The van der Waals surface area contributed by atoms with Crippen LogP contribution in [-0.4, -0.2) is 5.16 Å². The van der Waals surface area contributed by atoms with E-state index in [1.165, 1.54) is 6.07 Å². The second-order valence-corrected chi connectivity index (χ2v) is 5.05. The summed E-state index contributed by atoms with van der Waals surface area (Å²) in [4.78, 5) is 0. The van der Waals surface area contributed by atoms with Crippen molar-refractivity contribution in [3.8, 4) is 11.3 Å². The monoisotopic (exact) mass is 266 g/mol. The summed E-state index contributed by atoms with van der Waals surface area (Å²) in [5.41, 5.74) is 7.31. The molecule has 0 atom stereocenters. The Morgan fingerprint density at radius 3 is 2.58 bits per heavy atom. The molecule has 0 aliphatic rings. The molecule has 102 valence electrons. The number of nitrogen functional groups attached to an aromatic ring is 1. The Bertz CT molecular complexity index is 606. The van der Waals surface area contributed by atoms with Crippen LogP contribution < -0.4 is 5.73 Å². The number of aryl methyl sites for hydroxylation is 1. The maximum atomic E-state index is 13.9. The number of anilines is 1. The van der Waals surface area contributed by atoms with E-state index in [1.807, 2.05) is 13.8 Å². The fourth-order valence-electron chi connectivity index (χ4n) is 1.98. The zero-order valence-corrected chi connectivity index (χ0v) is 11.1. The first-order chi connectivity index (χ1) is 8.90. The van der Waals surface area contributed by atoms with E-state index >= 15 is 0 Å². The summed E-state index contributed by atoms with van der Waals surface area (Å²) < 4.78 is 32.1. The topological polar surface area (TPSA) is 52.0 Å². The Labute approximate surface area is 110 Å². The Balaban J connectivity index is 2.56. The molecule has 2 rings (SSSR count). The third-order valence-corrected chi connectivity index (χ3v) is 2.93. The van der Waals surface area contributed by atoms with Gasteiger partial charge in [-0.05, 0) is 30.9 Å². The molecule has 19 heavy (non-hydrogen) atoms. The summed E-state index contributed by atoms with van der Waals surface area (Å²) >= 11 is 0. The molecule has 0 spiro atoms. The largest absolute Gasteiger partial charge is 0.367 e. The Kier molecular flexibility index (Phi) is 3.55. The summed E-state index contributed by atoms with van der Waals surface area (Å²) in [5.74, 6) is -0.736. The van der Waals surface area contributed by atoms with Crippen LogP contribution in [0.1, 0.15) is 25.0 Å². The maximum Gasteiger partial charge on any atom is 0.225 e. The lowest BCUT2D eigenvalue weighted by Crippen LogP contribution is -2.00. The van der Waals surface area contributed by atoms with Gasteiger partial charge in [-0.3, -0.25) is 0 Å². The summed E-state index contributed by atoms with van der Waals surface area (Å²) in [6, 6.07) is 2.28. The first-order valence-electron chi connectivity index (χ1n) is 6.10. The van der Waals surface area contributed by atoms with E-state index < -0.39 is 11.6 Å². The van der Waals surface area contributed by atoms with Crippen molar-refractivity contribution in [2.45, 2.75) is 27.2 Å². The first kappa shape index (κ1) is 13.5. The molecule has 0 saturated carbocycles. The second kappa shape index (κ2) is 4.99. The van der Waals surface area contributed by atoms with Crippen molar-refractivity contribution in [2.24, 2.45) is 5.92 Å². The van der Waals surface area contributed by atoms with Crippen LogP contribution in [0, 0.1) is 24.5 Å². The molecule has 0 amide bonds. The number of hydrogen-bond donors (Lipinski definition) is 1. The molecule has 0 aliphatic heterocycles. The number of hydrogen-bond acceptors (Lipinski definition) is 3. The lowest BCUT2D eigenvalue weighted by molar-refractivity contribution is 0.437. The van der Waals surface area contributed by atoms with E-state index in [9.17, 15) is 8.78 Å². The molecule has 0 radical (unpaired) electrons. The quantitative estimate of drug-likeness (QED) is 0.921. The standard InChI is InChI=1S/C14H16F2N2O/c1-7(2)4-10-13(18-19-14(10)17)9-5-8(3)11(15)6-12(9)16/h5-7H,4,17H2,1-3H3. The van der Waals surface area contributed by atoms with Gasteiger partial charge in [0, 0.05) is 17.2 Å². The van der Waals surface area contributed by atoms with Crippen molar-refractivity contribution >= 4 is 5.88 Å². The smallest absolute Gasteiger partial charge is 0.225 e. The maximum absolute atomic E-state index is 13.9. The molecule has 2 N–H and O–H groups in total. The normalized spacial score (nSPS) is 11.3. The van der Waals surface area contributed by atoms with Gasteiger partial charge in [-0.1, -0.05) is 19.0 Å². The van der Waals surface area contributed by atoms with E-state index in [1.54, 1.807) is 6.92 Å². The van der Waals surface area contributed by atoms with E-state index in [0.717, 1.165) is 6.07 Å². The van der Waals surface area contributed by atoms with Gasteiger partial charge in [-0.2, -0.15) is 0 Å². The third kappa shape index (κ3) is 2.59. The average molecular weight is 266 g/mol. The van der Waals surface area contributed by atoms with Crippen molar-refractivity contribution in [3.05, 3.63) is 34.9 Å². The highest BCUT2D eigenvalue weighted by Gasteiger charge is 2.20. The molecule has 5 heteroatoms. The minimum absolute atomic E-state index is 0.185. The van der Waals surface area contributed by atoms with Gasteiger partial charge in [0.15, 0.2) is 0 Å². The van der Waals surface area contributed by atoms with Crippen LogP contribution in [0.2, 0.25) is 0 Å². The number of nitrogens with zero attached hydrogens (tertiary/aromatic N) is 1. The number of benzene rings is 1. The molecular weight excluding hydrogens is 250 g/mol. The Hall–Kier alpha value is -1.91. The van der Waals surface area contributed by atoms with Gasteiger partial charge in [-0.25, -0.2) is 8.78 Å². The Morgan fingerprint density at radius 1 is 1.26 bits per heavy atom. The van der Waals surface area contributed by atoms with E-state index in [4.69, 9.17) is 10.3 Å². The highest BCUT2D eigenvalue weighted by Crippen LogP contribution is 2.32. The van der Waals surface area contributed by atoms with Crippen LogP contribution >= 0.6 is 0 Å². The van der Waals surface area contributed by atoms with Crippen LogP contribution in [0.5, 0.6) is 0 Å². The number of rotatable bonds is 3. The van der Waals surface area contributed by atoms with Gasteiger partial charge >= 0.3 is 0 Å². The average Bonchev–Trinajstić information content (AvgIpc) is 2.65. The summed E-state index contributed by atoms with van der Waals surface area (Å²) in [6.07, 6.45) is 0.626. The molecule has 1 aromatic carbocycles. The van der Waals surface area contributed by atoms with Gasteiger partial charge in [0.1, 0.15) is 17.3 Å². The van der Waals surface area contributed by atoms with Crippen molar-refractivity contribution < 1.29 is 13.3 Å². The lowest BCUT2D eigenvalue weighted by Gasteiger charge is -2.07. The zero-order valence-electron chi connectivity index (χ0n) is 11.1. The molecule has 1 aromatic heterocycles. The minimum atomic E-state index is -0.665. The van der Waals surface area contributed by atoms with Gasteiger partial charge in [0.25, 0.3) is 0 Å². The summed E-state index contributed by atoms with van der Waals surface area (Å²) in [5, 5.41) is 3.81. The number of halogens is 2. The van der Waals surface area contributed by atoms with Crippen LogP contribution in [-0.2, 0) is 6.42 Å². The van der Waals surface area contributed by atoms with Crippen molar-refractivity contribution in [3.63, 3.8) is 0 Å². The predicted octanol–water partition coefficient (Wildman–Crippen LogP) is 3.71. The van der Waals surface area contributed by atoms with Gasteiger partial charge in [-0.15, -0.1) is 0 Å². The van der Waals surface area contributed by atoms with Gasteiger partial charge < -0.3 is 10.3 Å². The van der Waals surface area contributed by atoms with Crippen LogP contribution in [0.3, 0.4) is 0 Å². The zero-order chi connectivity index (χ0) is 14.2. The summed E-state index contributed by atoms with van der Waals surface area (Å²) in [6.45, 7) is 5.61. The molecule has 0 saturated heterocycles. The van der Waals surface area contributed by atoms with Crippen LogP contribution in [0.25, 0.3) is 11.3 Å². The molecule has 2 aromatic rings. The molecule has 0 bridgehead atoms. The fourth-order valence-corrected chi connectivity index (χ4v) is 1.98. The fraction of sp³-hybridized carbons (Fsp3) is 0.357. The van der Waals surface area contributed by atoms with Gasteiger partial charge in [0.05, 0.1) is 0 Å². The summed E-state index contributed by atoms with van der Waals surface area (Å²) in [7, 11) is 0. The third-order valence-electron chi connectivity index (χ3n) is 2.93. The SMILES string of the molecule is Cc1cc(-c2noc(N)c2CC(C)C)c(F)cc1F. The molecular formula is C14H16F2N2O. The van der Waals surface area contributed by atoms with E-state index in [-0.39, 0.29) is 11.4 Å². The van der Waals surface area contributed by atoms with Crippen LogP contribution in [0.4, 0.5) is 14.7 Å². The number of aromatic nitrogens is 1. The van der Waals surface area contributed by atoms with E-state index in [0.29, 0.717) is 29.2 Å². The van der Waals surface area contributed by atoms with Crippen LogP contribution in [0.15, 0.2) is 16.7 Å². The number of nitrogens with two attached hydrogens (primary N) is 1. The molecule has 0 unspecified atom stereocenters. The molecule has 0 aliphatic carbocycles.